The van der Waals surface area contributed by atoms with Crippen molar-refractivity contribution in [2.24, 2.45) is 5.84 Å². The van der Waals surface area contributed by atoms with Crippen LogP contribution in [0, 0.1) is 0 Å². The molecule has 11 nitrogen and oxygen atoms in total. The maximum absolute atomic E-state index is 13.0. The molecule has 0 aromatic heterocycles. The van der Waals surface area contributed by atoms with Crippen LogP contribution in [-0.2, 0) is 19.6 Å². The highest BCUT2D eigenvalue weighted by atomic mass is 32.2. The average molecular weight is 471 g/mol. The fraction of sp³-hybridized carbons (Fsp3) is 0.238. The van der Waals surface area contributed by atoms with E-state index >= 15 is 0 Å². The highest BCUT2D eigenvalue weighted by molar-refractivity contribution is 7.89. The van der Waals surface area contributed by atoms with E-state index in [-0.39, 0.29) is 36.8 Å². The number of carbonyl (C=O) groups is 4. The molecule has 0 aliphatic carbocycles. The number of amides is 4. The number of anilines is 1. The number of sulfonamides is 1. The molecule has 1 fully saturated rings. The molecule has 0 saturated carbocycles. The molecular formula is C21H21N5O6S. The van der Waals surface area contributed by atoms with Gasteiger partial charge < -0.3 is 4.90 Å². The third-order valence-corrected chi connectivity index (χ3v) is 7.50. The molecule has 2 aromatic rings. The fourth-order valence-corrected chi connectivity index (χ4v) is 5.24. The lowest BCUT2D eigenvalue weighted by Crippen LogP contribution is -2.51. The molecule has 1 saturated heterocycles. The zero-order valence-corrected chi connectivity index (χ0v) is 18.2. The Morgan fingerprint density at radius 3 is 1.94 bits per heavy atom. The lowest BCUT2D eigenvalue weighted by atomic mass is 10.1. The van der Waals surface area contributed by atoms with Gasteiger partial charge in [0, 0.05) is 26.2 Å². The van der Waals surface area contributed by atoms with E-state index in [1.54, 1.807) is 24.3 Å². The molecule has 4 amide bonds. The first-order valence-electron chi connectivity index (χ1n) is 10.1. The first kappa shape index (κ1) is 22.6. The van der Waals surface area contributed by atoms with Crippen LogP contribution in [0.4, 0.5) is 5.69 Å². The quantitative estimate of drug-likeness (QED) is 0.200. The summed E-state index contributed by atoms with van der Waals surface area (Å²) in [4.78, 5) is 51.0. The van der Waals surface area contributed by atoms with E-state index in [0.717, 1.165) is 4.90 Å². The van der Waals surface area contributed by atoms with Crippen molar-refractivity contribution in [3.8, 4) is 0 Å². The molecular weight excluding hydrogens is 450 g/mol. The van der Waals surface area contributed by atoms with Gasteiger partial charge in [0.15, 0.2) is 0 Å². The molecule has 0 spiro atoms. The lowest BCUT2D eigenvalue weighted by molar-refractivity contribution is -0.137. The first-order chi connectivity index (χ1) is 15.7. The van der Waals surface area contributed by atoms with E-state index in [4.69, 9.17) is 5.84 Å². The zero-order valence-electron chi connectivity index (χ0n) is 17.4. The summed E-state index contributed by atoms with van der Waals surface area (Å²) in [7, 11) is -3.85. The Hall–Kier alpha value is -3.61. The van der Waals surface area contributed by atoms with Crippen LogP contribution in [0.2, 0.25) is 0 Å². The van der Waals surface area contributed by atoms with Crippen LogP contribution in [0.5, 0.6) is 0 Å². The van der Waals surface area contributed by atoms with Gasteiger partial charge in [-0.05, 0) is 36.4 Å². The van der Waals surface area contributed by atoms with Crippen LogP contribution in [0.25, 0.3) is 0 Å². The Morgan fingerprint density at radius 1 is 0.879 bits per heavy atom. The van der Waals surface area contributed by atoms with Crippen molar-refractivity contribution in [1.82, 2.24) is 14.6 Å². The highest BCUT2D eigenvalue weighted by Gasteiger charge is 2.37. The summed E-state index contributed by atoms with van der Waals surface area (Å²) in [5, 5.41) is 0. The van der Waals surface area contributed by atoms with Crippen molar-refractivity contribution in [2.45, 2.75) is 11.3 Å². The Morgan fingerprint density at radius 2 is 1.42 bits per heavy atom. The van der Waals surface area contributed by atoms with Crippen LogP contribution >= 0.6 is 0 Å². The zero-order chi connectivity index (χ0) is 23.8. The van der Waals surface area contributed by atoms with E-state index in [1.807, 2.05) is 5.43 Å². The van der Waals surface area contributed by atoms with Gasteiger partial charge in [0.05, 0.1) is 21.7 Å². The number of hydrazine groups is 1. The molecule has 2 heterocycles. The Labute approximate surface area is 189 Å². The number of nitrogens with one attached hydrogen (secondary N) is 1. The topological polar surface area (TPSA) is 150 Å². The minimum absolute atomic E-state index is 0.00476. The minimum Gasteiger partial charge on any atom is -0.340 e. The molecule has 0 unspecified atom stereocenters. The summed E-state index contributed by atoms with van der Waals surface area (Å²) in [6, 6.07) is 12.0. The van der Waals surface area contributed by atoms with Gasteiger partial charge in [0.1, 0.15) is 6.42 Å². The summed E-state index contributed by atoms with van der Waals surface area (Å²) < 4.78 is 27.3. The van der Waals surface area contributed by atoms with Gasteiger partial charge in [-0.2, -0.15) is 4.31 Å². The fourth-order valence-electron chi connectivity index (χ4n) is 3.82. The molecule has 3 N–H and O–H groups in total. The summed E-state index contributed by atoms with van der Waals surface area (Å²) in [6.07, 6.45) is -0.400. The molecule has 0 atom stereocenters. The third kappa shape index (κ3) is 4.11. The summed E-state index contributed by atoms with van der Waals surface area (Å²) in [5.74, 6) is 3.01. The summed E-state index contributed by atoms with van der Waals surface area (Å²) in [5.41, 5.74) is 2.76. The molecule has 12 heteroatoms. The number of piperazine rings is 1. The van der Waals surface area contributed by atoms with E-state index in [0.29, 0.717) is 11.1 Å². The van der Waals surface area contributed by atoms with Gasteiger partial charge in [-0.25, -0.2) is 19.2 Å². The van der Waals surface area contributed by atoms with Crippen molar-refractivity contribution in [1.29, 1.82) is 0 Å². The second-order valence-electron chi connectivity index (χ2n) is 7.51. The Kier molecular flexibility index (Phi) is 5.97. The van der Waals surface area contributed by atoms with Crippen LogP contribution in [-0.4, -0.2) is 67.4 Å². The number of carbonyl (C=O) groups excluding carboxylic acids is 4. The molecule has 0 bridgehead atoms. The average Bonchev–Trinajstić information content (AvgIpc) is 3.09. The van der Waals surface area contributed by atoms with Crippen molar-refractivity contribution < 1.29 is 27.6 Å². The Balaban J connectivity index is 1.45. The number of nitrogens with zero attached hydrogens (tertiary/aromatic N) is 3. The maximum Gasteiger partial charge on any atom is 0.266 e. The van der Waals surface area contributed by atoms with E-state index in [1.165, 1.54) is 33.5 Å². The summed E-state index contributed by atoms with van der Waals surface area (Å²) in [6.45, 7) is 0.420. The van der Waals surface area contributed by atoms with Crippen molar-refractivity contribution in [3.05, 3.63) is 59.7 Å². The van der Waals surface area contributed by atoms with Crippen molar-refractivity contribution in [3.63, 3.8) is 0 Å². The minimum atomic E-state index is -3.85. The predicted molar refractivity (Wildman–Crippen MR) is 116 cm³/mol. The number of rotatable bonds is 5. The molecule has 4 rings (SSSR count). The van der Waals surface area contributed by atoms with Gasteiger partial charge in [-0.1, -0.05) is 12.1 Å². The SMILES string of the molecule is NNC(=O)CC(=O)N1CCN(S(=O)(=O)c2ccc(N3C(=O)c4ccccc4C3=O)cc2)CC1. The number of nitrogens with two attached hydrogens (primary N) is 1. The highest BCUT2D eigenvalue weighted by Crippen LogP contribution is 2.29. The van der Waals surface area contributed by atoms with Gasteiger partial charge >= 0.3 is 0 Å². The number of imide groups is 1. The van der Waals surface area contributed by atoms with Crippen molar-refractivity contribution in [2.75, 3.05) is 31.1 Å². The lowest BCUT2D eigenvalue weighted by Gasteiger charge is -2.34. The summed E-state index contributed by atoms with van der Waals surface area (Å²) >= 11 is 0. The molecule has 0 radical (unpaired) electrons. The standard InChI is InChI=1S/C21H21N5O6S/c22-23-18(27)13-19(28)24-9-11-25(12-10-24)33(31,32)15-7-5-14(6-8-15)26-20(29)16-3-1-2-4-17(16)21(26)30/h1-8H,9-13,22H2,(H,23,27). The molecule has 2 aliphatic rings. The Bertz CT molecular complexity index is 1200. The van der Waals surface area contributed by atoms with Crippen LogP contribution in [0.1, 0.15) is 27.1 Å². The first-order valence-corrected chi connectivity index (χ1v) is 11.5. The second-order valence-corrected chi connectivity index (χ2v) is 9.45. The van der Waals surface area contributed by atoms with E-state index in [2.05, 4.69) is 0 Å². The largest absolute Gasteiger partial charge is 0.340 e. The molecule has 2 aromatic carbocycles. The molecule has 2 aliphatic heterocycles. The van der Waals surface area contributed by atoms with E-state index < -0.39 is 40.1 Å². The van der Waals surface area contributed by atoms with Gasteiger partial charge in [0.25, 0.3) is 11.8 Å². The number of benzene rings is 2. The normalized spacial score (nSPS) is 16.6. The predicted octanol–water partition coefficient (Wildman–Crippen LogP) is -0.300. The smallest absolute Gasteiger partial charge is 0.266 e. The third-order valence-electron chi connectivity index (χ3n) is 5.59. The van der Waals surface area contributed by atoms with E-state index in [9.17, 15) is 27.6 Å². The maximum atomic E-state index is 13.0. The molecule has 33 heavy (non-hydrogen) atoms. The molecule has 172 valence electrons. The van der Waals surface area contributed by atoms with Crippen LogP contribution in [0.15, 0.2) is 53.4 Å². The number of hydrogen-bond acceptors (Lipinski definition) is 7. The van der Waals surface area contributed by atoms with Gasteiger partial charge in [-0.3, -0.25) is 24.6 Å². The van der Waals surface area contributed by atoms with Crippen LogP contribution < -0.4 is 16.2 Å². The van der Waals surface area contributed by atoms with Gasteiger partial charge in [-0.15, -0.1) is 0 Å². The number of hydrogen-bond donors (Lipinski definition) is 2. The van der Waals surface area contributed by atoms with Crippen LogP contribution in [0.3, 0.4) is 0 Å². The second kappa shape index (κ2) is 8.73. The van der Waals surface area contributed by atoms with Crippen molar-refractivity contribution >= 4 is 39.3 Å². The number of fused-ring (bicyclic) bond motifs is 1. The monoisotopic (exact) mass is 471 g/mol. The van der Waals surface area contributed by atoms with Gasteiger partial charge in [0.2, 0.25) is 21.8 Å².